The van der Waals surface area contributed by atoms with Gasteiger partial charge in [0.1, 0.15) is 6.61 Å². The van der Waals surface area contributed by atoms with Crippen LogP contribution in [-0.4, -0.2) is 19.7 Å². The Labute approximate surface area is 130 Å². The van der Waals surface area contributed by atoms with Gasteiger partial charge in [0.15, 0.2) is 11.5 Å². The average molecular weight is 300 g/mol. The van der Waals surface area contributed by atoms with Crippen LogP contribution in [-0.2, 0) is 22.6 Å². The van der Waals surface area contributed by atoms with E-state index in [4.69, 9.17) is 14.2 Å². The van der Waals surface area contributed by atoms with Crippen molar-refractivity contribution in [1.29, 1.82) is 0 Å². The van der Waals surface area contributed by atoms with Gasteiger partial charge in [0, 0.05) is 0 Å². The number of ether oxygens (including phenoxy) is 3. The summed E-state index contributed by atoms with van der Waals surface area (Å²) in [5, 5.41) is 0. The number of methoxy groups -OCH3 is 1. The molecular formula is C18H20O4. The minimum absolute atomic E-state index is 0.213. The van der Waals surface area contributed by atoms with Crippen molar-refractivity contribution in [1.82, 2.24) is 0 Å². The van der Waals surface area contributed by atoms with Crippen LogP contribution in [0.1, 0.15) is 18.1 Å². The predicted molar refractivity (Wildman–Crippen MR) is 84.1 cm³/mol. The van der Waals surface area contributed by atoms with Crippen LogP contribution in [0.5, 0.6) is 11.5 Å². The Morgan fingerprint density at radius 2 is 1.73 bits per heavy atom. The lowest BCUT2D eigenvalue weighted by Gasteiger charge is -2.13. The van der Waals surface area contributed by atoms with Crippen molar-refractivity contribution in [2.24, 2.45) is 0 Å². The lowest BCUT2D eigenvalue weighted by atomic mass is 10.1. The molecule has 0 aromatic heterocycles. The van der Waals surface area contributed by atoms with Gasteiger partial charge < -0.3 is 14.2 Å². The Bertz CT molecular complexity index is 608. The van der Waals surface area contributed by atoms with Crippen molar-refractivity contribution in [3.63, 3.8) is 0 Å². The van der Waals surface area contributed by atoms with Gasteiger partial charge in [-0.3, -0.25) is 4.79 Å². The summed E-state index contributed by atoms with van der Waals surface area (Å²) in [6.45, 7) is 2.92. The molecule has 2 aromatic rings. The first-order valence-electron chi connectivity index (χ1n) is 7.22. The van der Waals surface area contributed by atoms with Gasteiger partial charge in [-0.05, 0) is 30.2 Å². The second-order valence-corrected chi connectivity index (χ2v) is 4.74. The van der Waals surface area contributed by atoms with Crippen LogP contribution in [0.3, 0.4) is 0 Å². The van der Waals surface area contributed by atoms with Gasteiger partial charge in [-0.15, -0.1) is 0 Å². The summed E-state index contributed by atoms with van der Waals surface area (Å²) in [4.78, 5) is 11.4. The molecule has 0 N–H and O–H groups in total. The molecule has 0 amide bonds. The number of benzene rings is 2. The molecule has 4 nitrogen and oxygen atoms in total. The largest absolute Gasteiger partial charge is 0.490 e. The Morgan fingerprint density at radius 3 is 2.41 bits per heavy atom. The lowest BCUT2D eigenvalue weighted by molar-refractivity contribution is -0.139. The van der Waals surface area contributed by atoms with Gasteiger partial charge in [-0.1, -0.05) is 36.4 Å². The van der Waals surface area contributed by atoms with Crippen molar-refractivity contribution in [2.75, 3.05) is 13.7 Å². The zero-order valence-corrected chi connectivity index (χ0v) is 12.9. The number of carbonyl (C=O) groups is 1. The van der Waals surface area contributed by atoms with E-state index in [9.17, 15) is 4.79 Å². The maximum absolute atomic E-state index is 11.4. The van der Waals surface area contributed by atoms with Crippen LogP contribution >= 0.6 is 0 Å². The predicted octanol–water partition coefficient (Wildman–Crippen LogP) is 3.38. The first-order chi connectivity index (χ1) is 10.7. The van der Waals surface area contributed by atoms with E-state index in [0.29, 0.717) is 24.7 Å². The summed E-state index contributed by atoms with van der Waals surface area (Å²) >= 11 is 0. The second-order valence-electron chi connectivity index (χ2n) is 4.74. The third-order valence-electron chi connectivity index (χ3n) is 3.12. The van der Waals surface area contributed by atoms with Crippen LogP contribution in [0.25, 0.3) is 0 Å². The van der Waals surface area contributed by atoms with Crippen molar-refractivity contribution in [3.8, 4) is 11.5 Å². The highest BCUT2D eigenvalue weighted by Gasteiger charge is 2.10. The summed E-state index contributed by atoms with van der Waals surface area (Å²) in [5.41, 5.74) is 1.90. The fraction of sp³-hybridized carbons (Fsp3) is 0.278. The van der Waals surface area contributed by atoms with E-state index in [1.807, 2.05) is 55.5 Å². The zero-order valence-electron chi connectivity index (χ0n) is 12.9. The maximum Gasteiger partial charge on any atom is 0.309 e. The van der Waals surface area contributed by atoms with E-state index in [1.165, 1.54) is 7.11 Å². The summed E-state index contributed by atoms with van der Waals surface area (Å²) in [5.74, 6) is 1.03. The SMILES string of the molecule is CCOc1ccc(CC(=O)OC)cc1OCc1ccccc1. The smallest absolute Gasteiger partial charge is 0.309 e. The molecule has 22 heavy (non-hydrogen) atoms. The minimum Gasteiger partial charge on any atom is -0.490 e. The van der Waals surface area contributed by atoms with Crippen LogP contribution in [0.2, 0.25) is 0 Å². The Kier molecular flexibility index (Phi) is 5.83. The van der Waals surface area contributed by atoms with Gasteiger partial charge in [0.05, 0.1) is 20.1 Å². The van der Waals surface area contributed by atoms with E-state index in [-0.39, 0.29) is 12.4 Å². The van der Waals surface area contributed by atoms with Crippen molar-refractivity contribution >= 4 is 5.97 Å². The molecule has 0 heterocycles. The lowest BCUT2D eigenvalue weighted by Crippen LogP contribution is -2.05. The van der Waals surface area contributed by atoms with Crippen molar-refractivity contribution in [2.45, 2.75) is 20.0 Å². The number of hydrogen-bond donors (Lipinski definition) is 0. The molecule has 0 aliphatic heterocycles. The molecule has 0 bridgehead atoms. The monoisotopic (exact) mass is 300 g/mol. The molecule has 0 unspecified atom stereocenters. The zero-order chi connectivity index (χ0) is 15.8. The summed E-state index contributed by atoms with van der Waals surface area (Å²) in [6, 6.07) is 15.4. The number of rotatable bonds is 7. The van der Waals surface area contributed by atoms with E-state index in [1.54, 1.807) is 0 Å². The summed E-state index contributed by atoms with van der Waals surface area (Å²) in [6.07, 6.45) is 0.213. The molecule has 0 saturated carbocycles. The molecule has 2 rings (SSSR count). The number of esters is 1. The fourth-order valence-electron chi connectivity index (χ4n) is 2.02. The summed E-state index contributed by atoms with van der Waals surface area (Å²) in [7, 11) is 1.38. The number of carbonyl (C=O) groups excluding carboxylic acids is 1. The van der Waals surface area contributed by atoms with E-state index >= 15 is 0 Å². The topological polar surface area (TPSA) is 44.8 Å². The third-order valence-corrected chi connectivity index (χ3v) is 3.12. The standard InChI is InChI=1S/C18H20O4/c1-3-21-16-10-9-15(12-18(19)20-2)11-17(16)22-13-14-7-5-4-6-8-14/h4-11H,3,12-13H2,1-2H3. The molecule has 0 aliphatic carbocycles. The molecule has 116 valence electrons. The van der Waals surface area contributed by atoms with E-state index in [0.717, 1.165) is 11.1 Å². The quantitative estimate of drug-likeness (QED) is 0.735. The normalized spacial score (nSPS) is 10.1. The van der Waals surface area contributed by atoms with Crippen molar-refractivity contribution in [3.05, 3.63) is 59.7 Å². The molecule has 0 spiro atoms. The molecular weight excluding hydrogens is 280 g/mol. The Morgan fingerprint density at radius 1 is 0.955 bits per heavy atom. The van der Waals surface area contributed by atoms with Crippen LogP contribution in [0, 0.1) is 0 Å². The molecule has 0 fully saturated rings. The molecule has 0 saturated heterocycles. The maximum atomic E-state index is 11.4. The Balaban J connectivity index is 2.14. The summed E-state index contributed by atoms with van der Waals surface area (Å²) < 4.78 is 16.1. The first-order valence-corrected chi connectivity index (χ1v) is 7.22. The molecule has 2 aromatic carbocycles. The van der Waals surface area contributed by atoms with Crippen LogP contribution in [0.4, 0.5) is 0 Å². The highest BCUT2D eigenvalue weighted by atomic mass is 16.5. The molecule has 0 radical (unpaired) electrons. The van der Waals surface area contributed by atoms with Crippen LogP contribution in [0.15, 0.2) is 48.5 Å². The van der Waals surface area contributed by atoms with E-state index in [2.05, 4.69) is 0 Å². The Hall–Kier alpha value is -2.49. The minimum atomic E-state index is -0.279. The van der Waals surface area contributed by atoms with Gasteiger partial charge >= 0.3 is 5.97 Å². The number of hydrogen-bond acceptors (Lipinski definition) is 4. The second kappa shape index (κ2) is 8.08. The highest BCUT2D eigenvalue weighted by molar-refractivity contribution is 5.72. The average Bonchev–Trinajstić information content (AvgIpc) is 2.56. The van der Waals surface area contributed by atoms with Gasteiger partial charge in [-0.25, -0.2) is 0 Å². The molecule has 0 atom stereocenters. The van der Waals surface area contributed by atoms with Crippen LogP contribution < -0.4 is 9.47 Å². The third kappa shape index (κ3) is 4.52. The van der Waals surface area contributed by atoms with Gasteiger partial charge in [0.2, 0.25) is 0 Å². The van der Waals surface area contributed by atoms with Gasteiger partial charge in [0.25, 0.3) is 0 Å². The molecule has 0 aliphatic rings. The van der Waals surface area contributed by atoms with Crippen molar-refractivity contribution < 1.29 is 19.0 Å². The fourth-order valence-corrected chi connectivity index (χ4v) is 2.02. The van der Waals surface area contributed by atoms with Gasteiger partial charge in [-0.2, -0.15) is 0 Å². The highest BCUT2D eigenvalue weighted by Crippen LogP contribution is 2.29. The molecule has 4 heteroatoms. The first kappa shape index (κ1) is 15.9. The van der Waals surface area contributed by atoms with E-state index < -0.39 is 0 Å².